The van der Waals surface area contributed by atoms with Gasteiger partial charge in [-0.25, -0.2) is 4.98 Å². The van der Waals surface area contributed by atoms with Gasteiger partial charge in [-0.3, -0.25) is 4.79 Å². The molecule has 1 aliphatic heterocycles. The van der Waals surface area contributed by atoms with Gasteiger partial charge in [0.15, 0.2) is 0 Å². The molecule has 1 amide bonds. The standard InChI is InChI=1S/C16H17N3O2/c1-21-15-8-11(6-7-17-15)10-18-16(20)14-9-12-4-2-3-5-13(12)19-14/h2-8,14,19H,9-10H2,1H3,(H,18,20). The highest BCUT2D eigenvalue weighted by Crippen LogP contribution is 2.25. The maximum absolute atomic E-state index is 12.2. The highest BCUT2D eigenvalue weighted by atomic mass is 16.5. The number of nitrogens with one attached hydrogen (secondary N) is 2. The van der Waals surface area contributed by atoms with Crippen molar-refractivity contribution in [2.45, 2.75) is 19.0 Å². The summed E-state index contributed by atoms with van der Waals surface area (Å²) in [5.41, 5.74) is 3.19. The summed E-state index contributed by atoms with van der Waals surface area (Å²) in [5.74, 6) is 0.551. The fraction of sp³-hybridized carbons (Fsp3) is 0.250. The number of anilines is 1. The number of pyridine rings is 1. The third kappa shape index (κ3) is 2.97. The first-order valence-electron chi connectivity index (χ1n) is 6.87. The third-order valence-electron chi connectivity index (χ3n) is 3.56. The van der Waals surface area contributed by atoms with Crippen molar-refractivity contribution in [3.05, 3.63) is 53.7 Å². The fourth-order valence-electron chi connectivity index (χ4n) is 2.44. The van der Waals surface area contributed by atoms with Crippen LogP contribution >= 0.6 is 0 Å². The highest BCUT2D eigenvalue weighted by molar-refractivity contribution is 5.87. The van der Waals surface area contributed by atoms with Gasteiger partial charge in [-0.15, -0.1) is 0 Å². The normalized spacial score (nSPS) is 16.0. The molecule has 5 nitrogen and oxygen atoms in total. The quantitative estimate of drug-likeness (QED) is 0.897. The van der Waals surface area contributed by atoms with Crippen LogP contribution in [0.5, 0.6) is 5.88 Å². The number of carbonyl (C=O) groups excluding carboxylic acids is 1. The van der Waals surface area contributed by atoms with Gasteiger partial charge in [-0.05, 0) is 23.3 Å². The van der Waals surface area contributed by atoms with E-state index in [1.54, 1.807) is 13.3 Å². The third-order valence-corrected chi connectivity index (χ3v) is 3.56. The predicted octanol–water partition coefficient (Wildman–Crippen LogP) is 1.74. The number of carbonyl (C=O) groups is 1. The second-order valence-corrected chi connectivity index (χ2v) is 4.98. The number of rotatable bonds is 4. The Kier molecular flexibility index (Phi) is 3.73. The molecule has 5 heteroatoms. The van der Waals surface area contributed by atoms with Crippen LogP contribution in [0.3, 0.4) is 0 Å². The molecule has 0 fully saturated rings. The summed E-state index contributed by atoms with van der Waals surface area (Å²) in [5, 5.41) is 6.19. The molecule has 1 atom stereocenters. The zero-order valence-corrected chi connectivity index (χ0v) is 11.8. The Balaban J connectivity index is 1.58. The number of aromatic nitrogens is 1. The molecule has 2 heterocycles. The summed E-state index contributed by atoms with van der Waals surface area (Å²) in [6.45, 7) is 0.465. The van der Waals surface area contributed by atoms with Gasteiger partial charge in [0.2, 0.25) is 11.8 Å². The largest absolute Gasteiger partial charge is 0.481 e. The molecule has 1 unspecified atom stereocenters. The number of ether oxygens (including phenoxy) is 1. The lowest BCUT2D eigenvalue weighted by atomic mass is 10.1. The van der Waals surface area contributed by atoms with Gasteiger partial charge >= 0.3 is 0 Å². The Bertz CT molecular complexity index is 632. The van der Waals surface area contributed by atoms with Crippen molar-refractivity contribution in [3.8, 4) is 5.88 Å². The molecule has 2 N–H and O–H groups in total. The first-order valence-corrected chi connectivity index (χ1v) is 6.87. The predicted molar refractivity (Wildman–Crippen MR) is 80.2 cm³/mol. The zero-order chi connectivity index (χ0) is 14.7. The van der Waals surface area contributed by atoms with Crippen LogP contribution < -0.4 is 15.4 Å². The minimum absolute atomic E-state index is 0.00183. The number of benzene rings is 1. The summed E-state index contributed by atoms with van der Waals surface area (Å²) in [6, 6.07) is 11.5. The Hall–Kier alpha value is -2.56. The lowest BCUT2D eigenvalue weighted by molar-refractivity contribution is -0.121. The van der Waals surface area contributed by atoms with Crippen LogP contribution in [0.2, 0.25) is 0 Å². The van der Waals surface area contributed by atoms with Gasteiger partial charge in [-0.1, -0.05) is 18.2 Å². The number of methoxy groups -OCH3 is 1. The monoisotopic (exact) mass is 283 g/mol. The highest BCUT2D eigenvalue weighted by Gasteiger charge is 2.25. The molecule has 1 aliphatic rings. The maximum atomic E-state index is 12.2. The van der Waals surface area contributed by atoms with E-state index in [0.29, 0.717) is 12.4 Å². The summed E-state index contributed by atoms with van der Waals surface area (Å²) in [6.07, 6.45) is 2.39. The fourth-order valence-corrected chi connectivity index (χ4v) is 2.44. The second kappa shape index (κ2) is 5.83. The molecular formula is C16H17N3O2. The van der Waals surface area contributed by atoms with Crippen molar-refractivity contribution in [1.82, 2.24) is 10.3 Å². The SMILES string of the molecule is COc1cc(CNC(=O)C2Cc3ccccc3N2)ccn1. The Morgan fingerprint density at radius 3 is 3.10 bits per heavy atom. The summed E-state index contributed by atoms with van der Waals surface area (Å²) in [7, 11) is 1.57. The van der Waals surface area contributed by atoms with Crippen molar-refractivity contribution < 1.29 is 9.53 Å². The maximum Gasteiger partial charge on any atom is 0.243 e. The molecule has 0 aliphatic carbocycles. The van der Waals surface area contributed by atoms with E-state index in [9.17, 15) is 4.79 Å². The van der Waals surface area contributed by atoms with Crippen molar-refractivity contribution in [1.29, 1.82) is 0 Å². The first kappa shape index (κ1) is 13.4. The molecule has 3 rings (SSSR count). The number of hydrogen-bond acceptors (Lipinski definition) is 4. The van der Waals surface area contributed by atoms with Crippen LogP contribution in [-0.4, -0.2) is 24.0 Å². The number of hydrogen-bond donors (Lipinski definition) is 2. The van der Waals surface area contributed by atoms with Gasteiger partial charge in [0.05, 0.1) is 7.11 Å². The number of fused-ring (bicyclic) bond motifs is 1. The van der Waals surface area contributed by atoms with E-state index in [1.807, 2.05) is 36.4 Å². The van der Waals surface area contributed by atoms with Crippen molar-refractivity contribution in [2.75, 3.05) is 12.4 Å². The molecule has 2 aromatic rings. The molecular weight excluding hydrogens is 266 g/mol. The Morgan fingerprint density at radius 1 is 1.43 bits per heavy atom. The lowest BCUT2D eigenvalue weighted by Gasteiger charge is -2.12. The first-order chi connectivity index (χ1) is 10.3. The molecule has 1 aromatic carbocycles. The number of nitrogens with zero attached hydrogens (tertiary/aromatic N) is 1. The van der Waals surface area contributed by atoms with Gasteiger partial charge < -0.3 is 15.4 Å². The van der Waals surface area contributed by atoms with Crippen LogP contribution in [0.4, 0.5) is 5.69 Å². The van der Waals surface area contributed by atoms with Gasteiger partial charge in [0, 0.05) is 30.9 Å². The van der Waals surface area contributed by atoms with Gasteiger partial charge in [-0.2, -0.15) is 0 Å². The van der Waals surface area contributed by atoms with Crippen LogP contribution in [-0.2, 0) is 17.8 Å². The summed E-state index contributed by atoms with van der Waals surface area (Å²) >= 11 is 0. The summed E-state index contributed by atoms with van der Waals surface area (Å²) in [4.78, 5) is 16.3. The smallest absolute Gasteiger partial charge is 0.243 e. The van der Waals surface area contributed by atoms with Gasteiger partial charge in [0.1, 0.15) is 6.04 Å². The van der Waals surface area contributed by atoms with Crippen LogP contribution in [0, 0.1) is 0 Å². The molecule has 0 saturated carbocycles. The number of para-hydroxylation sites is 1. The van der Waals surface area contributed by atoms with E-state index in [-0.39, 0.29) is 11.9 Å². The van der Waals surface area contributed by atoms with Crippen LogP contribution in [0.15, 0.2) is 42.6 Å². The molecule has 1 aromatic heterocycles. The summed E-state index contributed by atoms with van der Waals surface area (Å²) < 4.78 is 5.07. The zero-order valence-electron chi connectivity index (χ0n) is 11.8. The minimum atomic E-state index is -0.203. The average molecular weight is 283 g/mol. The van der Waals surface area contributed by atoms with E-state index in [2.05, 4.69) is 15.6 Å². The lowest BCUT2D eigenvalue weighted by Crippen LogP contribution is -2.38. The van der Waals surface area contributed by atoms with Crippen molar-refractivity contribution in [3.63, 3.8) is 0 Å². The van der Waals surface area contributed by atoms with Crippen LogP contribution in [0.1, 0.15) is 11.1 Å². The van der Waals surface area contributed by atoms with E-state index in [4.69, 9.17) is 4.74 Å². The van der Waals surface area contributed by atoms with Crippen LogP contribution in [0.25, 0.3) is 0 Å². The van der Waals surface area contributed by atoms with Crippen molar-refractivity contribution >= 4 is 11.6 Å². The Morgan fingerprint density at radius 2 is 2.29 bits per heavy atom. The molecule has 0 radical (unpaired) electrons. The van der Waals surface area contributed by atoms with Gasteiger partial charge in [0.25, 0.3) is 0 Å². The molecule has 0 saturated heterocycles. The molecule has 21 heavy (non-hydrogen) atoms. The van der Waals surface area contributed by atoms with E-state index in [1.165, 1.54) is 5.56 Å². The molecule has 108 valence electrons. The minimum Gasteiger partial charge on any atom is -0.481 e. The van der Waals surface area contributed by atoms with E-state index in [0.717, 1.165) is 17.7 Å². The van der Waals surface area contributed by atoms with E-state index >= 15 is 0 Å². The molecule has 0 bridgehead atoms. The second-order valence-electron chi connectivity index (χ2n) is 4.98. The van der Waals surface area contributed by atoms with E-state index < -0.39 is 0 Å². The Labute approximate surface area is 123 Å². The topological polar surface area (TPSA) is 63.2 Å². The molecule has 0 spiro atoms. The van der Waals surface area contributed by atoms with Crippen molar-refractivity contribution in [2.24, 2.45) is 0 Å². The number of amides is 1. The average Bonchev–Trinajstić information content (AvgIpc) is 2.97.